The molecule has 0 fully saturated rings. The molecule has 9 nitrogen and oxygen atoms in total. The van der Waals surface area contributed by atoms with Crippen LogP contribution in [0.15, 0.2) is 77.9 Å². The van der Waals surface area contributed by atoms with E-state index in [0.717, 1.165) is 6.42 Å². The topological polar surface area (TPSA) is 118 Å². The first-order valence-electron chi connectivity index (χ1n) is 11.1. The Kier molecular flexibility index (Phi) is 9.84. The quantitative estimate of drug-likeness (QED) is 0.215. The lowest BCUT2D eigenvalue weighted by molar-refractivity contribution is -0.136. The van der Waals surface area contributed by atoms with E-state index < -0.39 is 11.8 Å². The highest BCUT2D eigenvalue weighted by atomic mass is 35.5. The summed E-state index contributed by atoms with van der Waals surface area (Å²) in [6, 6.07) is 20.2. The molecular formula is C26H25ClN4O5. The molecule has 10 heteroatoms. The second-order valence-corrected chi connectivity index (χ2v) is 7.84. The van der Waals surface area contributed by atoms with Crippen LogP contribution >= 0.6 is 11.6 Å². The molecule has 186 valence electrons. The highest BCUT2D eigenvalue weighted by Crippen LogP contribution is 2.17. The molecule has 3 aromatic carbocycles. The van der Waals surface area contributed by atoms with Gasteiger partial charge in [-0.15, -0.1) is 0 Å². The second kappa shape index (κ2) is 13.5. The predicted molar refractivity (Wildman–Crippen MR) is 139 cm³/mol. The van der Waals surface area contributed by atoms with Crippen molar-refractivity contribution in [3.8, 4) is 11.5 Å². The van der Waals surface area contributed by atoms with E-state index in [0.29, 0.717) is 40.1 Å². The van der Waals surface area contributed by atoms with Crippen molar-refractivity contribution in [1.82, 2.24) is 5.43 Å². The van der Waals surface area contributed by atoms with E-state index in [1.54, 1.807) is 72.8 Å². The van der Waals surface area contributed by atoms with Gasteiger partial charge in [0.05, 0.1) is 12.8 Å². The standard InChI is InChI=1S/C26H25ClN4O5/c1-2-15-35-22-13-11-21(12-14-22)30-25(33)26(34)31-28-16-18-5-3-4-6-23(18)36-17-24(32)29-20-9-7-19(27)8-10-20/h3-14,16H,2,15,17H2,1H3,(H,29,32)(H,30,33)(H,31,34)/b28-16-. The minimum Gasteiger partial charge on any atom is -0.494 e. The number of carbonyl (C=O) groups excluding carboxylic acids is 3. The molecule has 0 spiro atoms. The Morgan fingerprint density at radius 2 is 1.53 bits per heavy atom. The normalized spacial score (nSPS) is 10.5. The summed E-state index contributed by atoms with van der Waals surface area (Å²) in [5, 5.41) is 9.56. The van der Waals surface area contributed by atoms with E-state index in [2.05, 4.69) is 21.2 Å². The molecule has 0 saturated carbocycles. The molecule has 0 atom stereocenters. The molecule has 3 N–H and O–H groups in total. The van der Waals surface area contributed by atoms with Gasteiger partial charge in [0.25, 0.3) is 5.91 Å². The van der Waals surface area contributed by atoms with E-state index in [-0.39, 0.29) is 12.5 Å². The monoisotopic (exact) mass is 508 g/mol. The van der Waals surface area contributed by atoms with Gasteiger partial charge in [0.1, 0.15) is 11.5 Å². The number of benzene rings is 3. The fourth-order valence-corrected chi connectivity index (χ4v) is 2.97. The number of nitrogens with one attached hydrogen (secondary N) is 3. The smallest absolute Gasteiger partial charge is 0.329 e. The van der Waals surface area contributed by atoms with Gasteiger partial charge >= 0.3 is 11.8 Å². The summed E-state index contributed by atoms with van der Waals surface area (Å²) in [5.41, 5.74) is 3.70. The number of hydrazone groups is 1. The van der Waals surface area contributed by atoms with Crippen molar-refractivity contribution in [2.45, 2.75) is 13.3 Å². The lowest BCUT2D eigenvalue weighted by Crippen LogP contribution is -2.32. The van der Waals surface area contributed by atoms with E-state index >= 15 is 0 Å². The largest absolute Gasteiger partial charge is 0.494 e. The van der Waals surface area contributed by atoms with Crippen LogP contribution in [0.25, 0.3) is 0 Å². The maximum absolute atomic E-state index is 12.2. The average molecular weight is 509 g/mol. The average Bonchev–Trinajstić information content (AvgIpc) is 2.89. The molecule has 0 aliphatic carbocycles. The van der Waals surface area contributed by atoms with Crippen LogP contribution in [-0.2, 0) is 14.4 Å². The third kappa shape index (κ3) is 8.44. The first-order chi connectivity index (χ1) is 17.4. The zero-order valence-corrected chi connectivity index (χ0v) is 20.2. The van der Waals surface area contributed by atoms with Gasteiger partial charge in [-0.2, -0.15) is 5.10 Å². The molecule has 3 amide bonds. The molecular weight excluding hydrogens is 484 g/mol. The van der Waals surface area contributed by atoms with Crippen LogP contribution in [-0.4, -0.2) is 37.1 Å². The van der Waals surface area contributed by atoms with Crippen molar-refractivity contribution in [2.24, 2.45) is 5.10 Å². The number of halogens is 1. The van der Waals surface area contributed by atoms with Gasteiger partial charge in [0.15, 0.2) is 6.61 Å². The summed E-state index contributed by atoms with van der Waals surface area (Å²) in [4.78, 5) is 36.4. The first kappa shape index (κ1) is 26.2. The predicted octanol–water partition coefficient (Wildman–Crippen LogP) is 4.24. The second-order valence-electron chi connectivity index (χ2n) is 7.41. The number of nitrogens with zero attached hydrogens (tertiary/aromatic N) is 1. The molecule has 3 aromatic rings. The Hall–Kier alpha value is -4.37. The zero-order valence-electron chi connectivity index (χ0n) is 19.5. The Balaban J connectivity index is 1.49. The number of anilines is 2. The number of para-hydroxylation sites is 1. The van der Waals surface area contributed by atoms with Crippen LogP contribution in [0.2, 0.25) is 5.02 Å². The number of ether oxygens (including phenoxy) is 2. The van der Waals surface area contributed by atoms with E-state index in [1.165, 1.54) is 6.21 Å². The molecule has 0 bridgehead atoms. The van der Waals surface area contributed by atoms with E-state index in [1.807, 2.05) is 6.92 Å². The number of amides is 3. The van der Waals surface area contributed by atoms with Crippen LogP contribution in [0.5, 0.6) is 11.5 Å². The summed E-state index contributed by atoms with van der Waals surface area (Å²) in [6.07, 6.45) is 2.20. The van der Waals surface area contributed by atoms with Crippen molar-refractivity contribution in [3.63, 3.8) is 0 Å². The maximum atomic E-state index is 12.2. The Morgan fingerprint density at radius 1 is 0.861 bits per heavy atom. The molecule has 0 unspecified atom stereocenters. The lowest BCUT2D eigenvalue weighted by atomic mass is 10.2. The summed E-state index contributed by atoms with van der Waals surface area (Å²) in [5.74, 6) is -1.14. The Morgan fingerprint density at radius 3 is 2.25 bits per heavy atom. The van der Waals surface area contributed by atoms with Crippen molar-refractivity contribution in [2.75, 3.05) is 23.8 Å². The van der Waals surface area contributed by atoms with Crippen molar-refractivity contribution in [3.05, 3.63) is 83.4 Å². The molecule has 0 saturated heterocycles. The van der Waals surface area contributed by atoms with Gasteiger partial charge in [-0.3, -0.25) is 14.4 Å². The maximum Gasteiger partial charge on any atom is 0.329 e. The Bertz CT molecular complexity index is 1210. The molecule has 3 rings (SSSR count). The number of carbonyl (C=O) groups is 3. The highest BCUT2D eigenvalue weighted by Gasteiger charge is 2.13. The molecule has 0 aromatic heterocycles. The number of hydrogen-bond acceptors (Lipinski definition) is 6. The van der Waals surface area contributed by atoms with Gasteiger partial charge in [0, 0.05) is 22.0 Å². The van der Waals surface area contributed by atoms with Crippen LogP contribution in [0.4, 0.5) is 11.4 Å². The van der Waals surface area contributed by atoms with Crippen LogP contribution in [0.1, 0.15) is 18.9 Å². The van der Waals surface area contributed by atoms with Crippen LogP contribution in [0.3, 0.4) is 0 Å². The van der Waals surface area contributed by atoms with E-state index in [4.69, 9.17) is 21.1 Å². The lowest BCUT2D eigenvalue weighted by Gasteiger charge is -2.09. The highest BCUT2D eigenvalue weighted by molar-refractivity contribution is 6.39. The minimum atomic E-state index is -0.946. The summed E-state index contributed by atoms with van der Waals surface area (Å²) in [7, 11) is 0. The Labute approximate surface area is 213 Å². The molecule has 0 aliphatic heterocycles. The summed E-state index contributed by atoms with van der Waals surface area (Å²) >= 11 is 5.84. The molecule has 0 radical (unpaired) electrons. The fourth-order valence-electron chi connectivity index (χ4n) is 2.85. The van der Waals surface area contributed by atoms with Gasteiger partial charge in [-0.05, 0) is 67.1 Å². The third-order valence-corrected chi connectivity index (χ3v) is 4.82. The van der Waals surface area contributed by atoms with Gasteiger partial charge in [0.2, 0.25) is 0 Å². The van der Waals surface area contributed by atoms with E-state index in [9.17, 15) is 14.4 Å². The van der Waals surface area contributed by atoms with Gasteiger partial charge < -0.3 is 20.1 Å². The van der Waals surface area contributed by atoms with Gasteiger partial charge in [-0.1, -0.05) is 30.7 Å². The summed E-state index contributed by atoms with van der Waals surface area (Å²) < 4.78 is 11.1. The SMILES string of the molecule is CCCOc1ccc(NC(=O)C(=O)N/N=C\c2ccccc2OCC(=O)Nc2ccc(Cl)cc2)cc1. The molecule has 0 aliphatic rings. The van der Waals surface area contributed by atoms with Crippen LogP contribution < -0.4 is 25.5 Å². The van der Waals surface area contributed by atoms with Crippen molar-refractivity contribution in [1.29, 1.82) is 0 Å². The van der Waals surface area contributed by atoms with Crippen LogP contribution in [0, 0.1) is 0 Å². The fraction of sp³-hybridized carbons (Fsp3) is 0.154. The molecule has 0 heterocycles. The first-order valence-corrected chi connectivity index (χ1v) is 11.5. The minimum absolute atomic E-state index is 0.246. The van der Waals surface area contributed by atoms with Gasteiger partial charge in [-0.25, -0.2) is 5.43 Å². The number of rotatable bonds is 10. The van der Waals surface area contributed by atoms with Crippen molar-refractivity contribution < 1.29 is 23.9 Å². The zero-order chi connectivity index (χ0) is 25.8. The molecule has 36 heavy (non-hydrogen) atoms. The van der Waals surface area contributed by atoms with Crippen molar-refractivity contribution >= 4 is 46.9 Å². The summed E-state index contributed by atoms with van der Waals surface area (Å²) in [6.45, 7) is 2.35. The number of hydrogen-bond donors (Lipinski definition) is 3. The third-order valence-electron chi connectivity index (χ3n) is 4.57.